The number of amides is 3. The number of furan rings is 1. The van der Waals surface area contributed by atoms with Crippen LogP contribution in [0.2, 0.25) is 0 Å². The van der Waals surface area contributed by atoms with Gasteiger partial charge in [-0.1, -0.05) is 30.3 Å². The van der Waals surface area contributed by atoms with Gasteiger partial charge < -0.3 is 19.1 Å². The molecule has 3 heterocycles. The molecule has 0 aliphatic carbocycles. The van der Waals surface area contributed by atoms with Gasteiger partial charge >= 0.3 is 11.8 Å². The lowest BCUT2D eigenvalue weighted by Gasteiger charge is -2.37. The van der Waals surface area contributed by atoms with E-state index in [-0.39, 0.29) is 5.91 Å². The first-order valence-electron chi connectivity index (χ1n) is 10.3. The first kappa shape index (κ1) is 20.2. The molecule has 2 aliphatic rings. The average molecular weight is 410 g/mol. The highest BCUT2D eigenvalue weighted by Gasteiger charge is 2.32. The van der Waals surface area contributed by atoms with E-state index in [1.54, 1.807) is 26.8 Å². The van der Waals surface area contributed by atoms with Crippen LogP contribution in [-0.2, 0) is 16.1 Å². The second-order valence-electron chi connectivity index (χ2n) is 7.62. The molecule has 4 rings (SSSR count). The molecule has 0 atom stereocenters. The number of rotatable bonds is 3. The molecule has 8 heteroatoms. The molecule has 1 aromatic carbocycles. The van der Waals surface area contributed by atoms with Gasteiger partial charge in [-0.15, -0.1) is 0 Å². The Bertz CT molecular complexity index is 868. The second-order valence-corrected chi connectivity index (χ2v) is 7.62. The molecular formula is C22H26N4O4. The number of hydrogen-bond acceptors (Lipinski definition) is 5. The number of benzene rings is 1. The van der Waals surface area contributed by atoms with Crippen molar-refractivity contribution in [2.75, 3.05) is 52.4 Å². The zero-order chi connectivity index (χ0) is 20.9. The van der Waals surface area contributed by atoms with Crippen LogP contribution in [0.25, 0.3) is 0 Å². The van der Waals surface area contributed by atoms with Crippen LogP contribution in [0.1, 0.15) is 16.1 Å². The smallest absolute Gasteiger partial charge is 0.312 e. The van der Waals surface area contributed by atoms with Crippen molar-refractivity contribution in [1.82, 2.24) is 19.6 Å². The van der Waals surface area contributed by atoms with Crippen LogP contribution in [-0.4, -0.2) is 89.7 Å². The fraction of sp³-hybridized carbons (Fsp3) is 0.409. The maximum Gasteiger partial charge on any atom is 0.312 e. The third-order valence-electron chi connectivity index (χ3n) is 5.68. The van der Waals surface area contributed by atoms with E-state index in [4.69, 9.17) is 4.42 Å². The molecule has 158 valence electrons. The Morgan fingerprint density at radius 1 is 0.700 bits per heavy atom. The van der Waals surface area contributed by atoms with Crippen LogP contribution in [0, 0.1) is 0 Å². The molecule has 3 amide bonds. The SMILES string of the molecule is O=C(C(=O)N1CCN(C(=O)c2ccco2)CC1)N1CCN(Cc2ccccc2)CC1. The molecule has 1 aromatic heterocycles. The van der Waals surface area contributed by atoms with Crippen molar-refractivity contribution in [1.29, 1.82) is 0 Å². The van der Waals surface area contributed by atoms with E-state index in [1.165, 1.54) is 11.8 Å². The van der Waals surface area contributed by atoms with Crippen LogP contribution in [0.3, 0.4) is 0 Å². The molecule has 30 heavy (non-hydrogen) atoms. The largest absolute Gasteiger partial charge is 0.459 e. The van der Waals surface area contributed by atoms with E-state index >= 15 is 0 Å². The molecule has 8 nitrogen and oxygen atoms in total. The van der Waals surface area contributed by atoms with E-state index in [2.05, 4.69) is 17.0 Å². The van der Waals surface area contributed by atoms with Crippen molar-refractivity contribution in [2.45, 2.75) is 6.54 Å². The summed E-state index contributed by atoms with van der Waals surface area (Å²) in [5, 5.41) is 0. The van der Waals surface area contributed by atoms with Crippen molar-refractivity contribution in [3.63, 3.8) is 0 Å². The van der Waals surface area contributed by atoms with E-state index in [0.29, 0.717) is 45.0 Å². The van der Waals surface area contributed by atoms with Crippen LogP contribution < -0.4 is 0 Å². The van der Waals surface area contributed by atoms with Gasteiger partial charge in [0.1, 0.15) is 0 Å². The highest BCUT2D eigenvalue weighted by molar-refractivity contribution is 6.35. The third kappa shape index (κ3) is 4.54. The molecule has 0 saturated carbocycles. The maximum atomic E-state index is 12.7. The van der Waals surface area contributed by atoms with Crippen LogP contribution in [0.4, 0.5) is 0 Å². The Hall–Kier alpha value is -3.13. The Morgan fingerprint density at radius 3 is 1.83 bits per heavy atom. The van der Waals surface area contributed by atoms with E-state index < -0.39 is 11.8 Å². The highest BCUT2D eigenvalue weighted by atomic mass is 16.3. The second kappa shape index (κ2) is 9.13. The quantitative estimate of drug-likeness (QED) is 0.703. The fourth-order valence-electron chi connectivity index (χ4n) is 3.89. The van der Waals surface area contributed by atoms with Gasteiger partial charge in [-0.05, 0) is 17.7 Å². The summed E-state index contributed by atoms with van der Waals surface area (Å²) in [6.45, 7) is 4.94. The molecule has 0 N–H and O–H groups in total. The fourth-order valence-corrected chi connectivity index (χ4v) is 3.89. The van der Waals surface area contributed by atoms with Gasteiger partial charge in [-0.25, -0.2) is 0 Å². The van der Waals surface area contributed by atoms with Crippen molar-refractivity contribution in [3.8, 4) is 0 Å². The maximum absolute atomic E-state index is 12.7. The number of nitrogens with zero attached hydrogens (tertiary/aromatic N) is 4. The van der Waals surface area contributed by atoms with Gasteiger partial charge in [0, 0.05) is 58.9 Å². The molecule has 0 spiro atoms. The zero-order valence-electron chi connectivity index (χ0n) is 16.9. The van der Waals surface area contributed by atoms with Crippen molar-refractivity contribution in [3.05, 3.63) is 60.1 Å². The monoisotopic (exact) mass is 410 g/mol. The van der Waals surface area contributed by atoms with E-state index in [1.807, 2.05) is 18.2 Å². The van der Waals surface area contributed by atoms with Crippen LogP contribution in [0.15, 0.2) is 53.1 Å². The lowest BCUT2D eigenvalue weighted by Crippen LogP contribution is -2.56. The minimum absolute atomic E-state index is 0.187. The third-order valence-corrected chi connectivity index (χ3v) is 5.68. The van der Waals surface area contributed by atoms with Gasteiger partial charge in [0.15, 0.2) is 5.76 Å². The normalized spacial score (nSPS) is 17.8. The lowest BCUT2D eigenvalue weighted by atomic mass is 10.2. The zero-order valence-corrected chi connectivity index (χ0v) is 16.9. The predicted molar refractivity (Wildman–Crippen MR) is 109 cm³/mol. The molecule has 2 aromatic rings. The predicted octanol–water partition coefficient (Wildman–Crippen LogP) is 0.908. The summed E-state index contributed by atoms with van der Waals surface area (Å²) in [6, 6.07) is 13.5. The van der Waals surface area contributed by atoms with Crippen LogP contribution >= 0.6 is 0 Å². The van der Waals surface area contributed by atoms with E-state index in [0.717, 1.165) is 19.6 Å². The minimum Gasteiger partial charge on any atom is -0.459 e. The van der Waals surface area contributed by atoms with Crippen LogP contribution in [0.5, 0.6) is 0 Å². The first-order chi connectivity index (χ1) is 14.6. The van der Waals surface area contributed by atoms with E-state index in [9.17, 15) is 14.4 Å². The van der Waals surface area contributed by atoms with Gasteiger partial charge in [-0.3, -0.25) is 19.3 Å². The molecule has 0 bridgehead atoms. The topological polar surface area (TPSA) is 77.3 Å². The standard InChI is InChI=1S/C22H26N4O4/c27-20(19-7-4-16-30-19)24-12-14-26(15-13-24)22(29)21(28)25-10-8-23(9-11-25)17-18-5-2-1-3-6-18/h1-7,16H,8-15,17H2. The lowest BCUT2D eigenvalue weighted by molar-refractivity contribution is -0.153. The summed E-state index contributed by atoms with van der Waals surface area (Å²) in [4.78, 5) is 44.8. The number of hydrogen-bond donors (Lipinski definition) is 0. The van der Waals surface area contributed by atoms with Crippen molar-refractivity contribution >= 4 is 17.7 Å². The molecule has 0 radical (unpaired) electrons. The Kier molecular flexibility index (Phi) is 6.13. The van der Waals surface area contributed by atoms with Crippen molar-refractivity contribution < 1.29 is 18.8 Å². The Balaban J connectivity index is 1.24. The van der Waals surface area contributed by atoms with Gasteiger partial charge in [-0.2, -0.15) is 0 Å². The molecule has 2 saturated heterocycles. The summed E-state index contributed by atoms with van der Waals surface area (Å²) < 4.78 is 5.15. The Morgan fingerprint density at radius 2 is 1.27 bits per heavy atom. The molecular weight excluding hydrogens is 384 g/mol. The summed E-state index contributed by atoms with van der Waals surface area (Å²) in [5.74, 6) is -0.816. The number of piperazine rings is 2. The first-order valence-corrected chi connectivity index (χ1v) is 10.3. The molecule has 2 fully saturated rings. The molecule has 2 aliphatic heterocycles. The minimum atomic E-state index is -0.475. The summed E-state index contributed by atoms with van der Waals surface area (Å²) in [7, 11) is 0. The summed E-state index contributed by atoms with van der Waals surface area (Å²) >= 11 is 0. The highest BCUT2D eigenvalue weighted by Crippen LogP contribution is 2.12. The Labute approximate surface area is 175 Å². The summed E-state index contributed by atoms with van der Waals surface area (Å²) in [6.07, 6.45) is 1.46. The van der Waals surface area contributed by atoms with Gasteiger partial charge in [0.2, 0.25) is 0 Å². The van der Waals surface area contributed by atoms with Gasteiger partial charge in [0.25, 0.3) is 5.91 Å². The van der Waals surface area contributed by atoms with Crippen molar-refractivity contribution in [2.24, 2.45) is 0 Å². The molecule has 0 unspecified atom stereocenters. The summed E-state index contributed by atoms with van der Waals surface area (Å²) in [5.41, 5.74) is 1.25. The number of carbonyl (C=O) groups is 3. The number of carbonyl (C=O) groups excluding carboxylic acids is 3. The average Bonchev–Trinajstić information content (AvgIpc) is 3.34. The van der Waals surface area contributed by atoms with Gasteiger partial charge in [0.05, 0.1) is 6.26 Å².